The third-order valence-electron chi connectivity index (χ3n) is 3.27. The molecule has 20 heavy (non-hydrogen) atoms. The van der Waals surface area contributed by atoms with Gasteiger partial charge in [0.2, 0.25) is 0 Å². The predicted molar refractivity (Wildman–Crippen MR) is 77.8 cm³/mol. The van der Waals surface area contributed by atoms with E-state index in [9.17, 15) is 4.79 Å². The van der Waals surface area contributed by atoms with E-state index in [1.807, 2.05) is 43.0 Å². The lowest BCUT2D eigenvalue weighted by Gasteiger charge is -2.20. The fourth-order valence-corrected chi connectivity index (χ4v) is 2.25. The lowest BCUT2D eigenvalue weighted by Crippen LogP contribution is -2.31. The Morgan fingerprint density at radius 2 is 2.00 bits per heavy atom. The maximum absolute atomic E-state index is 10.9. The van der Waals surface area contributed by atoms with E-state index in [4.69, 9.17) is 9.84 Å². The van der Waals surface area contributed by atoms with Crippen LogP contribution >= 0.6 is 0 Å². The van der Waals surface area contributed by atoms with Gasteiger partial charge in [-0.2, -0.15) is 0 Å². The maximum Gasteiger partial charge on any atom is 0.317 e. The Bertz CT molecular complexity index is 438. The Labute approximate surface area is 120 Å². The number of ether oxygens (including phenoxy) is 1. The van der Waals surface area contributed by atoms with Gasteiger partial charge in [-0.25, -0.2) is 0 Å². The van der Waals surface area contributed by atoms with Crippen molar-refractivity contribution in [1.82, 2.24) is 4.90 Å². The molecule has 0 spiro atoms. The molecule has 1 aliphatic rings. The molecule has 4 nitrogen and oxygen atoms in total. The first-order chi connectivity index (χ1) is 9.52. The van der Waals surface area contributed by atoms with Crippen LogP contribution in [0, 0.1) is 5.92 Å². The molecular formula is C16H23NO3. The summed E-state index contributed by atoms with van der Waals surface area (Å²) in [5, 5.41) is 8.98. The number of hydrogen-bond donors (Lipinski definition) is 1. The molecule has 1 aromatic carbocycles. The maximum atomic E-state index is 10.9. The van der Waals surface area contributed by atoms with Crippen LogP contribution in [0.25, 0.3) is 0 Å². The van der Waals surface area contributed by atoms with E-state index in [0.29, 0.717) is 12.5 Å². The molecule has 110 valence electrons. The topological polar surface area (TPSA) is 49.8 Å². The van der Waals surface area contributed by atoms with Crippen molar-refractivity contribution in [3.8, 4) is 5.75 Å². The fourth-order valence-electron chi connectivity index (χ4n) is 2.25. The van der Waals surface area contributed by atoms with Crippen molar-refractivity contribution in [3.63, 3.8) is 0 Å². The van der Waals surface area contributed by atoms with Gasteiger partial charge in [-0.3, -0.25) is 9.69 Å². The van der Waals surface area contributed by atoms with Crippen molar-refractivity contribution in [2.75, 3.05) is 13.1 Å². The predicted octanol–water partition coefficient (Wildman–Crippen LogP) is 2.77. The van der Waals surface area contributed by atoms with Crippen LogP contribution in [0.1, 0.15) is 32.3 Å². The summed E-state index contributed by atoms with van der Waals surface area (Å²) in [5.74, 6) is 0.791. The lowest BCUT2D eigenvalue weighted by molar-refractivity contribution is -0.138. The van der Waals surface area contributed by atoms with Gasteiger partial charge in [0.05, 0.1) is 12.6 Å². The molecule has 1 aromatic rings. The summed E-state index contributed by atoms with van der Waals surface area (Å²) in [6, 6.07) is 7.93. The Hall–Kier alpha value is -1.55. The number of aliphatic carboxylic acids is 1. The summed E-state index contributed by atoms with van der Waals surface area (Å²) in [5.41, 5.74) is 1.13. The molecule has 0 aliphatic heterocycles. The van der Waals surface area contributed by atoms with E-state index >= 15 is 0 Å². The molecule has 0 aromatic heterocycles. The molecule has 0 radical (unpaired) electrons. The summed E-state index contributed by atoms with van der Waals surface area (Å²) in [6.45, 7) is 5.68. The second-order valence-electron chi connectivity index (χ2n) is 5.82. The quantitative estimate of drug-likeness (QED) is 0.794. The molecule has 0 saturated heterocycles. The zero-order chi connectivity index (χ0) is 14.5. The smallest absolute Gasteiger partial charge is 0.317 e. The van der Waals surface area contributed by atoms with Crippen molar-refractivity contribution in [2.45, 2.75) is 39.3 Å². The molecule has 0 unspecified atom stereocenters. The molecule has 0 amide bonds. The van der Waals surface area contributed by atoms with Crippen molar-refractivity contribution < 1.29 is 14.6 Å². The molecule has 1 fully saturated rings. The van der Waals surface area contributed by atoms with Gasteiger partial charge < -0.3 is 9.84 Å². The highest BCUT2D eigenvalue weighted by Crippen LogP contribution is 2.30. The Balaban J connectivity index is 1.92. The highest BCUT2D eigenvalue weighted by atomic mass is 16.5. The van der Waals surface area contributed by atoms with Gasteiger partial charge in [-0.05, 0) is 50.3 Å². The van der Waals surface area contributed by atoms with E-state index < -0.39 is 5.97 Å². The number of hydrogen-bond acceptors (Lipinski definition) is 3. The normalized spacial score (nSPS) is 14.8. The first-order valence-electron chi connectivity index (χ1n) is 7.22. The Morgan fingerprint density at radius 1 is 1.35 bits per heavy atom. The largest absolute Gasteiger partial charge is 0.491 e. The summed E-state index contributed by atoms with van der Waals surface area (Å²) >= 11 is 0. The van der Waals surface area contributed by atoms with Crippen molar-refractivity contribution in [3.05, 3.63) is 29.8 Å². The number of carboxylic acids is 1. The molecule has 0 atom stereocenters. The van der Waals surface area contributed by atoms with Gasteiger partial charge in [-0.1, -0.05) is 12.1 Å². The van der Waals surface area contributed by atoms with Crippen LogP contribution in [-0.2, 0) is 11.3 Å². The number of nitrogens with zero attached hydrogens (tertiary/aromatic N) is 1. The number of benzene rings is 1. The Kier molecular flexibility index (Phi) is 5.01. The first kappa shape index (κ1) is 14.9. The second-order valence-corrected chi connectivity index (χ2v) is 5.82. The third-order valence-corrected chi connectivity index (χ3v) is 3.27. The van der Waals surface area contributed by atoms with E-state index in [-0.39, 0.29) is 12.6 Å². The summed E-state index contributed by atoms with van der Waals surface area (Å²) in [6.07, 6.45) is 2.63. The molecule has 1 N–H and O–H groups in total. The van der Waals surface area contributed by atoms with Crippen LogP contribution < -0.4 is 4.74 Å². The molecule has 1 aliphatic carbocycles. The minimum Gasteiger partial charge on any atom is -0.491 e. The van der Waals surface area contributed by atoms with Crippen LogP contribution in [0.15, 0.2) is 24.3 Å². The molecule has 1 saturated carbocycles. The van der Waals surface area contributed by atoms with Gasteiger partial charge in [0, 0.05) is 13.1 Å². The fraction of sp³-hybridized carbons (Fsp3) is 0.562. The van der Waals surface area contributed by atoms with Gasteiger partial charge in [0.15, 0.2) is 0 Å². The minimum absolute atomic E-state index is 0.112. The summed E-state index contributed by atoms with van der Waals surface area (Å²) in [7, 11) is 0. The minimum atomic E-state index is -0.759. The average molecular weight is 277 g/mol. The zero-order valence-electron chi connectivity index (χ0n) is 12.2. The highest BCUT2D eigenvalue weighted by molar-refractivity contribution is 5.69. The Morgan fingerprint density at radius 3 is 2.50 bits per heavy atom. The molecule has 0 heterocycles. The van der Waals surface area contributed by atoms with Gasteiger partial charge in [0.1, 0.15) is 5.75 Å². The van der Waals surface area contributed by atoms with Crippen LogP contribution in [0.4, 0.5) is 0 Å². The van der Waals surface area contributed by atoms with Gasteiger partial charge >= 0.3 is 5.97 Å². The van der Waals surface area contributed by atoms with E-state index in [0.717, 1.165) is 17.9 Å². The zero-order valence-corrected chi connectivity index (χ0v) is 12.2. The van der Waals surface area contributed by atoms with E-state index in [2.05, 4.69) is 0 Å². The van der Waals surface area contributed by atoms with Gasteiger partial charge in [0.25, 0.3) is 0 Å². The standard InChI is InChI=1S/C16H23NO3/c1-12(2)20-15-7-5-14(6-8-15)10-17(11-16(18)19)9-13-3-4-13/h5-8,12-13H,3-4,9-11H2,1-2H3,(H,18,19). The second kappa shape index (κ2) is 6.75. The van der Waals surface area contributed by atoms with Crippen LogP contribution in [0.2, 0.25) is 0 Å². The van der Waals surface area contributed by atoms with E-state index in [1.165, 1.54) is 12.8 Å². The van der Waals surface area contributed by atoms with Crippen molar-refractivity contribution in [2.24, 2.45) is 5.92 Å². The van der Waals surface area contributed by atoms with Crippen molar-refractivity contribution in [1.29, 1.82) is 0 Å². The monoisotopic (exact) mass is 277 g/mol. The first-order valence-corrected chi connectivity index (χ1v) is 7.22. The summed E-state index contributed by atoms with van der Waals surface area (Å²) < 4.78 is 5.61. The molecule has 4 heteroatoms. The van der Waals surface area contributed by atoms with Crippen LogP contribution in [0.5, 0.6) is 5.75 Å². The van der Waals surface area contributed by atoms with Gasteiger partial charge in [-0.15, -0.1) is 0 Å². The SMILES string of the molecule is CC(C)Oc1ccc(CN(CC(=O)O)CC2CC2)cc1. The number of carbonyl (C=O) groups is 1. The van der Waals surface area contributed by atoms with Crippen LogP contribution in [0.3, 0.4) is 0 Å². The lowest BCUT2D eigenvalue weighted by atomic mass is 10.2. The molecule has 0 bridgehead atoms. The molecule has 2 rings (SSSR count). The average Bonchev–Trinajstić information content (AvgIpc) is 3.14. The van der Waals surface area contributed by atoms with Crippen molar-refractivity contribution >= 4 is 5.97 Å². The number of carboxylic acid groups (broad SMARTS) is 1. The molecular weight excluding hydrogens is 254 g/mol. The number of rotatable bonds is 8. The third kappa shape index (κ3) is 5.21. The van der Waals surface area contributed by atoms with E-state index in [1.54, 1.807) is 0 Å². The van der Waals surface area contributed by atoms with Crippen LogP contribution in [-0.4, -0.2) is 35.2 Å². The summed E-state index contributed by atoms with van der Waals surface area (Å²) in [4.78, 5) is 12.9. The highest BCUT2D eigenvalue weighted by Gasteiger charge is 2.25.